The third kappa shape index (κ3) is 13.8. The Bertz CT molecular complexity index is 3260. The average molecular weight is 1130 g/mol. The minimum Gasteiger partial charge on any atom is -0.490 e. The summed E-state index contributed by atoms with van der Waals surface area (Å²) in [5.74, 6) is -0.767. The number of hydrogen-bond acceptors (Lipinski definition) is 11. The molecule has 0 spiro atoms. The molecule has 0 aliphatic carbocycles. The molecular formula is C45H38Cl4F6N6O9S2. The molecule has 384 valence electrons. The molecule has 0 saturated carbocycles. The molecule has 15 nitrogen and oxygen atoms in total. The summed E-state index contributed by atoms with van der Waals surface area (Å²) < 4.78 is 144. The molecular weight excluding hydrogens is 1090 g/mol. The molecule has 2 aliphatic rings. The van der Waals surface area contributed by atoms with Gasteiger partial charge in [-0.1, -0.05) is 66.0 Å². The standard InChI is InChI=1S/C22H16Cl2F3N3O4S.C13H7Cl2F3N2O4S.C9H11NO.CH4/c1-12-2-5-19-18(8-12)30(6-7-34-19)21(31)20-17(9-13(23)11-28-20)29-35(32,33)14-3-4-16(24)15(10-14)22(25,26)27;14-6-3-10(11(12(21)22)19-5-6)20-25(23,24)7-1-2-9(15)8(4-7)13(16,17)18;1-7-2-3-9-8(6-7)10-4-5-11-9;/h2-5,8-11,29H,6-7H2,1H3;1-5,20H,(H,21,22);2-3,6,10H,4-5H2,1H3;1H4. The fourth-order valence-corrected chi connectivity index (χ4v) is 9.41. The van der Waals surface area contributed by atoms with Gasteiger partial charge in [-0.25, -0.2) is 31.6 Å². The number of aryl methyl sites for hydroxylation is 2. The lowest BCUT2D eigenvalue weighted by molar-refractivity contribution is -0.138. The third-order valence-corrected chi connectivity index (χ3v) is 13.5. The highest BCUT2D eigenvalue weighted by molar-refractivity contribution is 7.93. The summed E-state index contributed by atoms with van der Waals surface area (Å²) in [6.45, 7) is 5.96. The van der Waals surface area contributed by atoms with E-state index in [0.29, 0.717) is 23.6 Å². The van der Waals surface area contributed by atoms with Crippen LogP contribution in [0.4, 0.5) is 49.1 Å². The number of fused-ring (bicyclic) bond motifs is 2. The van der Waals surface area contributed by atoms with Gasteiger partial charge in [0.25, 0.3) is 26.0 Å². The van der Waals surface area contributed by atoms with Crippen molar-refractivity contribution in [1.29, 1.82) is 0 Å². The van der Waals surface area contributed by atoms with Gasteiger partial charge in [0.15, 0.2) is 11.4 Å². The first-order valence-electron chi connectivity index (χ1n) is 20.0. The van der Waals surface area contributed by atoms with Crippen LogP contribution in [0, 0.1) is 13.8 Å². The molecule has 4 N–H and O–H groups in total. The van der Waals surface area contributed by atoms with Crippen LogP contribution >= 0.6 is 46.4 Å². The average Bonchev–Trinajstić information content (AvgIpc) is 3.28. The maximum Gasteiger partial charge on any atom is 0.417 e. The second-order valence-electron chi connectivity index (χ2n) is 14.9. The molecule has 8 rings (SSSR count). The number of carboxylic acid groups (broad SMARTS) is 1. The number of hydrogen-bond donors (Lipinski definition) is 4. The van der Waals surface area contributed by atoms with Crippen molar-refractivity contribution in [2.45, 2.75) is 43.4 Å². The van der Waals surface area contributed by atoms with Crippen molar-refractivity contribution in [1.82, 2.24) is 9.97 Å². The van der Waals surface area contributed by atoms with Gasteiger partial charge >= 0.3 is 18.3 Å². The minimum absolute atomic E-state index is 0. The predicted molar refractivity (Wildman–Crippen MR) is 260 cm³/mol. The number of rotatable bonds is 8. The van der Waals surface area contributed by atoms with E-state index in [1.165, 1.54) is 10.5 Å². The first kappa shape index (κ1) is 56.7. The van der Waals surface area contributed by atoms with E-state index in [9.17, 15) is 52.8 Å². The second-order valence-corrected chi connectivity index (χ2v) is 20.0. The predicted octanol–water partition coefficient (Wildman–Crippen LogP) is 11.9. The smallest absolute Gasteiger partial charge is 0.417 e. The Morgan fingerprint density at radius 1 is 0.667 bits per heavy atom. The van der Waals surface area contributed by atoms with Gasteiger partial charge in [0.2, 0.25) is 0 Å². The lowest BCUT2D eigenvalue weighted by atomic mass is 10.1. The summed E-state index contributed by atoms with van der Waals surface area (Å²) in [5, 5.41) is 10.9. The summed E-state index contributed by atoms with van der Waals surface area (Å²) in [6, 6.07) is 17.7. The van der Waals surface area contributed by atoms with Gasteiger partial charge in [0.1, 0.15) is 24.7 Å². The van der Waals surface area contributed by atoms with Crippen molar-refractivity contribution in [2.75, 3.05) is 46.0 Å². The Hall–Kier alpha value is -6.24. The van der Waals surface area contributed by atoms with Crippen molar-refractivity contribution < 1.29 is 67.3 Å². The van der Waals surface area contributed by atoms with Crippen LogP contribution in [0.2, 0.25) is 20.1 Å². The van der Waals surface area contributed by atoms with E-state index in [4.69, 9.17) is 61.0 Å². The Morgan fingerprint density at radius 3 is 1.65 bits per heavy atom. The number of sulfonamides is 2. The van der Waals surface area contributed by atoms with Crippen LogP contribution in [0.5, 0.6) is 11.5 Å². The van der Waals surface area contributed by atoms with E-state index in [1.54, 1.807) is 12.1 Å². The Kier molecular flexibility index (Phi) is 17.8. The van der Waals surface area contributed by atoms with Crippen molar-refractivity contribution in [3.63, 3.8) is 0 Å². The minimum atomic E-state index is -4.87. The second kappa shape index (κ2) is 22.7. The number of pyridine rings is 2. The summed E-state index contributed by atoms with van der Waals surface area (Å²) in [7, 11) is -9.14. The normalized spacial score (nSPS) is 13.1. The number of alkyl halides is 6. The van der Waals surface area contributed by atoms with Gasteiger partial charge in [0.05, 0.1) is 70.3 Å². The molecule has 0 atom stereocenters. The number of carboxylic acids is 1. The van der Waals surface area contributed by atoms with Crippen LogP contribution in [-0.4, -0.2) is 70.1 Å². The van der Waals surface area contributed by atoms with E-state index in [-0.39, 0.29) is 42.0 Å². The lowest BCUT2D eigenvalue weighted by Crippen LogP contribution is -2.39. The van der Waals surface area contributed by atoms with Gasteiger partial charge in [-0.3, -0.25) is 14.2 Å². The zero-order valence-corrected chi connectivity index (χ0v) is 40.9. The molecule has 0 fully saturated rings. The fraction of sp³-hybridized carbons (Fsp3) is 0.200. The molecule has 4 heterocycles. The maximum absolute atomic E-state index is 13.4. The maximum atomic E-state index is 13.4. The molecule has 0 saturated heterocycles. The first-order chi connectivity index (χ1) is 33.1. The van der Waals surface area contributed by atoms with Crippen LogP contribution in [0.15, 0.2) is 107 Å². The number of nitrogens with one attached hydrogen (secondary N) is 3. The number of carbonyl (C=O) groups excluding carboxylic acids is 1. The van der Waals surface area contributed by atoms with E-state index in [2.05, 4.69) is 39.1 Å². The number of aromatic nitrogens is 2. The fourth-order valence-electron chi connectivity index (χ4n) is 6.48. The van der Waals surface area contributed by atoms with E-state index in [0.717, 1.165) is 78.9 Å². The monoisotopic (exact) mass is 1120 g/mol. The highest BCUT2D eigenvalue weighted by Gasteiger charge is 2.36. The third-order valence-electron chi connectivity index (χ3n) is 9.74. The summed E-state index contributed by atoms with van der Waals surface area (Å²) in [6.07, 6.45) is -7.60. The zero-order chi connectivity index (χ0) is 52.2. The molecule has 0 unspecified atom stereocenters. The molecule has 2 aliphatic heterocycles. The number of nitrogens with zero attached hydrogens (tertiary/aromatic N) is 3. The van der Waals surface area contributed by atoms with Crippen molar-refractivity contribution in [3.05, 3.63) is 151 Å². The SMILES string of the molecule is C.Cc1ccc2c(c1)N(C(=O)c1ncc(Cl)cc1NS(=O)(=O)c1ccc(Cl)c(C(F)(F)F)c1)CCO2.Cc1ccc2c(c1)NCCO2.O=C(O)c1ncc(Cl)cc1NS(=O)(=O)c1ccc(Cl)c(C(F)(F)F)c1. The Labute approximate surface area is 428 Å². The number of benzene rings is 4. The number of anilines is 4. The summed E-state index contributed by atoms with van der Waals surface area (Å²) in [4.78, 5) is 31.9. The number of halogens is 10. The largest absolute Gasteiger partial charge is 0.490 e. The van der Waals surface area contributed by atoms with Crippen molar-refractivity contribution in [2.24, 2.45) is 0 Å². The topological polar surface area (TPSA) is 206 Å². The molecule has 6 aromatic rings. The van der Waals surface area contributed by atoms with Gasteiger partial charge in [-0.15, -0.1) is 0 Å². The van der Waals surface area contributed by atoms with E-state index in [1.807, 2.05) is 23.8 Å². The van der Waals surface area contributed by atoms with Gasteiger partial charge in [-0.2, -0.15) is 26.3 Å². The van der Waals surface area contributed by atoms with Crippen molar-refractivity contribution >= 4 is 101 Å². The Morgan fingerprint density at radius 2 is 1.14 bits per heavy atom. The molecule has 1 amide bonds. The van der Waals surface area contributed by atoms with Crippen LogP contribution in [0.3, 0.4) is 0 Å². The molecule has 2 aromatic heterocycles. The van der Waals surface area contributed by atoms with E-state index < -0.39 is 86.6 Å². The van der Waals surface area contributed by atoms with Crippen molar-refractivity contribution in [3.8, 4) is 11.5 Å². The molecule has 72 heavy (non-hydrogen) atoms. The number of carbonyl (C=O) groups is 2. The van der Waals surface area contributed by atoms with Gasteiger partial charge in [0, 0.05) is 18.9 Å². The lowest BCUT2D eigenvalue weighted by Gasteiger charge is -2.30. The zero-order valence-electron chi connectivity index (χ0n) is 36.2. The van der Waals surface area contributed by atoms with Gasteiger partial charge < -0.3 is 24.8 Å². The summed E-state index contributed by atoms with van der Waals surface area (Å²) >= 11 is 22.7. The van der Waals surface area contributed by atoms with Crippen LogP contribution in [-0.2, 0) is 32.4 Å². The summed E-state index contributed by atoms with van der Waals surface area (Å²) in [5.41, 5.74) is -0.703. The highest BCUT2D eigenvalue weighted by atomic mass is 35.5. The van der Waals surface area contributed by atoms with Crippen LogP contribution in [0.25, 0.3) is 0 Å². The Balaban J connectivity index is 0.000000225. The molecule has 27 heteroatoms. The molecule has 0 radical (unpaired) electrons. The number of amides is 1. The van der Waals surface area contributed by atoms with Crippen LogP contribution < -0.4 is 29.1 Å². The van der Waals surface area contributed by atoms with Crippen LogP contribution in [0.1, 0.15) is 50.7 Å². The first-order valence-corrected chi connectivity index (χ1v) is 24.5. The highest BCUT2D eigenvalue weighted by Crippen LogP contribution is 2.39. The number of aromatic carboxylic acids is 1. The quantitative estimate of drug-likeness (QED) is 0.105. The van der Waals surface area contributed by atoms with Gasteiger partial charge in [-0.05, 0) is 97.8 Å². The molecule has 4 aromatic carbocycles. The van der Waals surface area contributed by atoms with E-state index >= 15 is 0 Å². The number of ether oxygens (including phenoxy) is 2. The molecule has 0 bridgehead atoms.